The van der Waals surface area contributed by atoms with Gasteiger partial charge in [0.1, 0.15) is 5.58 Å². The summed E-state index contributed by atoms with van der Waals surface area (Å²) in [7, 11) is 0. The van der Waals surface area contributed by atoms with Crippen LogP contribution in [0, 0.1) is 6.92 Å². The van der Waals surface area contributed by atoms with Crippen LogP contribution in [-0.4, -0.2) is 11.4 Å². The topological polar surface area (TPSA) is 33.5 Å². The van der Waals surface area contributed by atoms with Crippen LogP contribution in [0.5, 0.6) is 0 Å². The Morgan fingerprint density at radius 1 is 1.09 bits per heavy atom. The largest absolute Gasteiger partial charge is 0.423 e. The van der Waals surface area contributed by atoms with Crippen LogP contribution in [0.25, 0.3) is 11.0 Å². The van der Waals surface area contributed by atoms with Gasteiger partial charge < -0.3 is 4.42 Å². The first-order valence-electron chi connectivity index (χ1n) is 8.01. The lowest BCUT2D eigenvalue weighted by molar-refractivity contribution is 0.246. The molecular weight excluding hydrogens is 286 g/mol. The van der Waals surface area contributed by atoms with E-state index in [2.05, 4.69) is 41.3 Å². The Kier molecular flexibility index (Phi) is 3.50. The molecule has 4 rings (SSSR count). The summed E-state index contributed by atoms with van der Waals surface area (Å²) < 4.78 is 5.35. The maximum Gasteiger partial charge on any atom is 0.336 e. The van der Waals surface area contributed by atoms with E-state index in [4.69, 9.17) is 4.42 Å². The Morgan fingerprint density at radius 3 is 2.78 bits per heavy atom. The van der Waals surface area contributed by atoms with E-state index in [1.54, 1.807) is 6.07 Å². The fourth-order valence-electron chi connectivity index (χ4n) is 3.40. The van der Waals surface area contributed by atoms with Gasteiger partial charge in [0, 0.05) is 31.1 Å². The van der Waals surface area contributed by atoms with Crippen molar-refractivity contribution in [1.82, 2.24) is 4.90 Å². The number of benzene rings is 2. The lowest BCUT2D eigenvalue weighted by Gasteiger charge is -2.28. The highest BCUT2D eigenvalue weighted by Crippen LogP contribution is 2.23. The van der Waals surface area contributed by atoms with Crippen molar-refractivity contribution in [1.29, 1.82) is 0 Å². The number of fused-ring (bicyclic) bond motifs is 2. The van der Waals surface area contributed by atoms with E-state index in [9.17, 15) is 4.79 Å². The molecule has 0 aliphatic carbocycles. The molecule has 2 aromatic carbocycles. The second-order valence-electron chi connectivity index (χ2n) is 6.32. The molecule has 0 fully saturated rings. The van der Waals surface area contributed by atoms with Gasteiger partial charge in [-0.1, -0.05) is 36.4 Å². The Balaban J connectivity index is 1.67. The molecule has 1 aromatic heterocycles. The predicted molar refractivity (Wildman–Crippen MR) is 91.5 cm³/mol. The highest BCUT2D eigenvalue weighted by molar-refractivity contribution is 5.80. The summed E-state index contributed by atoms with van der Waals surface area (Å²) in [6, 6.07) is 16.3. The molecule has 0 unspecified atom stereocenters. The van der Waals surface area contributed by atoms with E-state index in [1.165, 1.54) is 11.1 Å². The van der Waals surface area contributed by atoms with Crippen molar-refractivity contribution in [2.24, 2.45) is 0 Å². The van der Waals surface area contributed by atoms with Gasteiger partial charge in [-0.15, -0.1) is 0 Å². The van der Waals surface area contributed by atoms with Crippen LogP contribution >= 0.6 is 0 Å². The lowest BCUT2D eigenvalue weighted by Crippen LogP contribution is -2.30. The van der Waals surface area contributed by atoms with Crippen LogP contribution in [0.3, 0.4) is 0 Å². The van der Waals surface area contributed by atoms with Crippen molar-refractivity contribution < 1.29 is 4.42 Å². The van der Waals surface area contributed by atoms with Crippen LogP contribution in [0.4, 0.5) is 0 Å². The summed E-state index contributed by atoms with van der Waals surface area (Å²) in [6.45, 7) is 4.74. The zero-order valence-corrected chi connectivity index (χ0v) is 13.2. The van der Waals surface area contributed by atoms with Crippen molar-refractivity contribution in [2.45, 2.75) is 26.4 Å². The summed E-state index contributed by atoms with van der Waals surface area (Å²) in [6.07, 6.45) is 1.06. The summed E-state index contributed by atoms with van der Waals surface area (Å²) in [5, 5.41) is 1.04. The van der Waals surface area contributed by atoms with E-state index >= 15 is 0 Å². The normalized spacial score (nSPS) is 14.8. The van der Waals surface area contributed by atoms with Gasteiger partial charge in [0.25, 0.3) is 0 Å². The van der Waals surface area contributed by atoms with Crippen LogP contribution < -0.4 is 5.63 Å². The number of hydrogen-bond acceptors (Lipinski definition) is 3. The summed E-state index contributed by atoms with van der Waals surface area (Å²) in [4.78, 5) is 14.3. The third kappa shape index (κ3) is 2.80. The zero-order chi connectivity index (χ0) is 15.8. The lowest BCUT2D eigenvalue weighted by atomic mass is 9.99. The minimum Gasteiger partial charge on any atom is -0.423 e. The molecule has 0 spiro atoms. The van der Waals surface area contributed by atoms with Crippen molar-refractivity contribution in [3.63, 3.8) is 0 Å². The molecule has 3 nitrogen and oxygen atoms in total. The molecule has 0 saturated carbocycles. The minimum absolute atomic E-state index is 0.268. The van der Waals surface area contributed by atoms with Gasteiger partial charge in [0.2, 0.25) is 0 Å². The SMILES string of the molecule is Cc1ccc2c(CN3CCc4ccccc4C3)cc(=O)oc2c1. The Bertz CT molecular complexity index is 926. The summed E-state index contributed by atoms with van der Waals surface area (Å²) in [5.41, 5.74) is 5.40. The van der Waals surface area contributed by atoms with Crippen LogP contribution in [-0.2, 0) is 19.5 Å². The second-order valence-corrected chi connectivity index (χ2v) is 6.32. The molecule has 0 radical (unpaired) electrons. The van der Waals surface area contributed by atoms with Crippen LogP contribution in [0.15, 0.2) is 57.7 Å². The van der Waals surface area contributed by atoms with Crippen molar-refractivity contribution in [2.75, 3.05) is 6.54 Å². The third-order valence-corrected chi connectivity index (χ3v) is 4.59. The average molecular weight is 305 g/mol. The molecule has 23 heavy (non-hydrogen) atoms. The van der Waals surface area contributed by atoms with Gasteiger partial charge in [-0.2, -0.15) is 0 Å². The Hall–Kier alpha value is -2.39. The molecule has 0 saturated heterocycles. The molecule has 0 bridgehead atoms. The summed E-state index contributed by atoms with van der Waals surface area (Å²) in [5.74, 6) is 0. The highest BCUT2D eigenvalue weighted by Gasteiger charge is 2.17. The van der Waals surface area contributed by atoms with Crippen molar-refractivity contribution >= 4 is 11.0 Å². The number of hydrogen-bond donors (Lipinski definition) is 0. The molecule has 2 heterocycles. The molecule has 0 N–H and O–H groups in total. The standard InChI is InChI=1S/C20H19NO2/c1-14-6-7-18-17(11-20(22)23-19(18)10-14)13-21-9-8-15-4-2-3-5-16(15)12-21/h2-7,10-11H,8-9,12-13H2,1H3. The third-order valence-electron chi connectivity index (χ3n) is 4.59. The molecule has 3 aromatic rings. The first-order valence-corrected chi connectivity index (χ1v) is 8.01. The minimum atomic E-state index is -0.268. The Morgan fingerprint density at radius 2 is 1.91 bits per heavy atom. The monoisotopic (exact) mass is 305 g/mol. The molecule has 3 heteroatoms. The second kappa shape index (κ2) is 5.67. The van der Waals surface area contributed by atoms with Crippen molar-refractivity contribution in [3.05, 3.63) is 81.2 Å². The number of nitrogens with zero attached hydrogens (tertiary/aromatic N) is 1. The number of rotatable bonds is 2. The number of aryl methyl sites for hydroxylation is 1. The van der Waals surface area contributed by atoms with Gasteiger partial charge in [-0.3, -0.25) is 4.90 Å². The Labute approximate surface area is 135 Å². The average Bonchev–Trinajstić information content (AvgIpc) is 2.54. The molecule has 1 aliphatic heterocycles. The first kappa shape index (κ1) is 14.2. The zero-order valence-electron chi connectivity index (χ0n) is 13.2. The molecule has 0 amide bonds. The quantitative estimate of drug-likeness (QED) is 0.678. The van der Waals surface area contributed by atoms with Gasteiger partial charge in [-0.25, -0.2) is 4.79 Å². The van der Waals surface area contributed by atoms with Crippen LogP contribution in [0.1, 0.15) is 22.3 Å². The van der Waals surface area contributed by atoms with Gasteiger partial charge in [-0.05, 0) is 41.7 Å². The van der Waals surface area contributed by atoms with Gasteiger partial charge in [0.05, 0.1) is 0 Å². The van der Waals surface area contributed by atoms with E-state index in [0.29, 0.717) is 5.58 Å². The van der Waals surface area contributed by atoms with E-state index in [-0.39, 0.29) is 5.63 Å². The summed E-state index contributed by atoms with van der Waals surface area (Å²) >= 11 is 0. The van der Waals surface area contributed by atoms with E-state index in [0.717, 1.165) is 42.6 Å². The fraction of sp³-hybridized carbons (Fsp3) is 0.250. The van der Waals surface area contributed by atoms with Crippen molar-refractivity contribution in [3.8, 4) is 0 Å². The molecular formula is C20H19NO2. The van der Waals surface area contributed by atoms with Gasteiger partial charge >= 0.3 is 5.63 Å². The fourth-order valence-corrected chi connectivity index (χ4v) is 3.40. The first-order chi connectivity index (χ1) is 11.2. The van der Waals surface area contributed by atoms with E-state index in [1.807, 2.05) is 13.0 Å². The molecule has 0 atom stereocenters. The molecule has 116 valence electrons. The maximum atomic E-state index is 11.9. The highest BCUT2D eigenvalue weighted by atomic mass is 16.4. The van der Waals surface area contributed by atoms with Crippen LogP contribution in [0.2, 0.25) is 0 Å². The van der Waals surface area contributed by atoms with Gasteiger partial charge in [0.15, 0.2) is 0 Å². The predicted octanol–water partition coefficient (Wildman–Crippen LogP) is 3.66. The molecule has 1 aliphatic rings. The van der Waals surface area contributed by atoms with E-state index < -0.39 is 0 Å². The smallest absolute Gasteiger partial charge is 0.336 e. The maximum absolute atomic E-state index is 11.9.